The minimum Gasteiger partial charge on any atom is -0.497 e. The summed E-state index contributed by atoms with van der Waals surface area (Å²) >= 11 is 12.5. The smallest absolute Gasteiger partial charge is 0.264 e. The zero-order valence-corrected chi connectivity index (χ0v) is 25.3. The van der Waals surface area contributed by atoms with Gasteiger partial charge in [0, 0.05) is 28.2 Å². The van der Waals surface area contributed by atoms with Crippen molar-refractivity contribution >= 4 is 50.7 Å². The summed E-state index contributed by atoms with van der Waals surface area (Å²) in [5.74, 6) is -0.587. The van der Waals surface area contributed by atoms with Gasteiger partial charge in [-0.05, 0) is 69.7 Å². The van der Waals surface area contributed by atoms with Crippen LogP contribution < -0.4 is 14.4 Å². The first-order valence-corrected chi connectivity index (χ1v) is 14.7. The quantitative estimate of drug-likeness (QED) is 0.328. The molecular formula is C29H33Cl2N3O5S. The van der Waals surface area contributed by atoms with E-state index in [2.05, 4.69) is 5.32 Å². The zero-order valence-electron chi connectivity index (χ0n) is 23.0. The summed E-state index contributed by atoms with van der Waals surface area (Å²) < 4.78 is 34.0. The third kappa shape index (κ3) is 7.90. The molecule has 0 radical (unpaired) electrons. The van der Waals surface area contributed by atoms with Crippen molar-refractivity contribution in [2.45, 2.75) is 50.7 Å². The highest BCUT2D eigenvalue weighted by Crippen LogP contribution is 2.28. The predicted molar refractivity (Wildman–Crippen MR) is 158 cm³/mol. The van der Waals surface area contributed by atoms with Gasteiger partial charge >= 0.3 is 0 Å². The van der Waals surface area contributed by atoms with Crippen molar-refractivity contribution in [3.63, 3.8) is 0 Å². The Balaban J connectivity index is 2.07. The third-order valence-corrected chi connectivity index (χ3v) is 8.35. The largest absolute Gasteiger partial charge is 0.497 e. The number of ether oxygens (including phenoxy) is 1. The molecule has 0 saturated carbocycles. The predicted octanol–water partition coefficient (Wildman–Crippen LogP) is 5.53. The Hall–Kier alpha value is -3.27. The van der Waals surface area contributed by atoms with Gasteiger partial charge in [0.2, 0.25) is 11.8 Å². The van der Waals surface area contributed by atoms with E-state index >= 15 is 0 Å². The normalized spacial score (nSPS) is 12.4. The number of hydrogen-bond acceptors (Lipinski definition) is 5. The monoisotopic (exact) mass is 605 g/mol. The van der Waals surface area contributed by atoms with Crippen LogP contribution in [0.1, 0.15) is 33.3 Å². The second kappa shape index (κ2) is 12.9. The number of hydrogen-bond donors (Lipinski definition) is 1. The topological polar surface area (TPSA) is 96.0 Å². The Morgan fingerprint density at radius 1 is 0.975 bits per heavy atom. The van der Waals surface area contributed by atoms with Gasteiger partial charge in [-0.25, -0.2) is 8.42 Å². The minimum absolute atomic E-state index is 0.0106. The molecule has 0 heterocycles. The average Bonchev–Trinajstić information content (AvgIpc) is 2.90. The average molecular weight is 607 g/mol. The second-order valence-corrected chi connectivity index (χ2v) is 12.9. The van der Waals surface area contributed by atoms with Gasteiger partial charge in [-0.3, -0.25) is 13.9 Å². The molecular weight excluding hydrogens is 573 g/mol. The SMILES string of the molecule is COc1cccc(N(CC(=O)N(Cc2ccc(Cl)cc2Cl)[C@H](C)C(=O)NC(C)(C)C)S(=O)(=O)c2ccccc2)c1. The maximum atomic E-state index is 14.0. The maximum Gasteiger partial charge on any atom is 0.264 e. The standard InChI is InChI=1S/C29H33Cl2N3O5S/c1-20(28(36)32-29(2,3)4)33(18-21-14-15-22(30)16-26(21)31)27(35)19-34(23-10-9-11-24(17-23)39-5)40(37,38)25-12-7-6-8-13-25/h6-17,20H,18-19H2,1-5H3,(H,32,36)/t20-/m1/s1. The fraction of sp³-hybridized carbons (Fsp3) is 0.310. The lowest BCUT2D eigenvalue weighted by atomic mass is 10.1. The molecule has 0 fully saturated rings. The Morgan fingerprint density at radius 2 is 1.65 bits per heavy atom. The van der Waals surface area contributed by atoms with Crippen molar-refractivity contribution in [2.24, 2.45) is 0 Å². The molecule has 2 amide bonds. The van der Waals surface area contributed by atoms with Crippen LogP contribution in [0.4, 0.5) is 5.69 Å². The zero-order chi connectivity index (χ0) is 29.7. The van der Waals surface area contributed by atoms with Crippen LogP contribution in [-0.2, 0) is 26.2 Å². The van der Waals surface area contributed by atoms with Gasteiger partial charge in [-0.15, -0.1) is 0 Å². The second-order valence-electron chi connectivity index (χ2n) is 10.2. The van der Waals surface area contributed by atoms with Crippen LogP contribution in [0.5, 0.6) is 5.75 Å². The number of carbonyl (C=O) groups is 2. The molecule has 3 aromatic rings. The summed E-state index contributed by atoms with van der Waals surface area (Å²) in [6, 6.07) is 18.1. The van der Waals surface area contributed by atoms with Crippen LogP contribution in [0.15, 0.2) is 77.7 Å². The third-order valence-electron chi connectivity index (χ3n) is 5.97. The molecule has 0 saturated heterocycles. The van der Waals surface area contributed by atoms with E-state index in [0.29, 0.717) is 21.4 Å². The van der Waals surface area contributed by atoms with Crippen molar-refractivity contribution in [3.05, 3.63) is 88.4 Å². The Bertz CT molecular complexity index is 1460. The van der Waals surface area contributed by atoms with E-state index < -0.39 is 40.0 Å². The van der Waals surface area contributed by atoms with Crippen LogP contribution >= 0.6 is 23.2 Å². The molecule has 3 rings (SSSR count). The molecule has 1 atom stereocenters. The van der Waals surface area contributed by atoms with E-state index in [1.54, 1.807) is 61.5 Å². The highest BCUT2D eigenvalue weighted by Gasteiger charge is 2.33. The van der Waals surface area contributed by atoms with Crippen molar-refractivity contribution in [3.8, 4) is 5.75 Å². The fourth-order valence-electron chi connectivity index (χ4n) is 3.90. The van der Waals surface area contributed by atoms with E-state index in [-0.39, 0.29) is 17.1 Å². The molecule has 0 bridgehead atoms. The lowest BCUT2D eigenvalue weighted by molar-refractivity contribution is -0.140. The highest BCUT2D eigenvalue weighted by molar-refractivity contribution is 7.92. The number of carbonyl (C=O) groups excluding carboxylic acids is 2. The van der Waals surface area contributed by atoms with Gasteiger partial charge in [-0.2, -0.15) is 0 Å². The van der Waals surface area contributed by atoms with E-state index in [1.807, 2.05) is 20.8 Å². The van der Waals surface area contributed by atoms with Crippen molar-refractivity contribution in [2.75, 3.05) is 18.0 Å². The van der Waals surface area contributed by atoms with Crippen LogP contribution in [0.2, 0.25) is 10.0 Å². The summed E-state index contributed by atoms with van der Waals surface area (Å²) in [5, 5.41) is 3.62. The first kappa shape index (κ1) is 31.3. The van der Waals surface area contributed by atoms with Crippen LogP contribution in [0.25, 0.3) is 0 Å². The van der Waals surface area contributed by atoms with Crippen molar-refractivity contribution in [1.29, 1.82) is 0 Å². The molecule has 0 spiro atoms. The molecule has 214 valence electrons. The van der Waals surface area contributed by atoms with Gasteiger partial charge in [0.1, 0.15) is 18.3 Å². The summed E-state index contributed by atoms with van der Waals surface area (Å²) in [7, 11) is -2.72. The van der Waals surface area contributed by atoms with Gasteiger partial charge < -0.3 is 15.0 Å². The van der Waals surface area contributed by atoms with Crippen LogP contribution in [0.3, 0.4) is 0 Å². The number of rotatable bonds is 10. The number of nitrogens with one attached hydrogen (secondary N) is 1. The Morgan fingerprint density at radius 3 is 2.25 bits per heavy atom. The molecule has 8 nitrogen and oxygen atoms in total. The van der Waals surface area contributed by atoms with E-state index in [9.17, 15) is 18.0 Å². The molecule has 3 aromatic carbocycles. The molecule has 40 heavy (non-hydrogen) atoms. The van der Waals surface area contributed by atoms with E-state index in [4.69, 9.17) is 27.9 Å². The summed E-state index contributed by atoms with van der Waals surface area (Å²) in [6.45, 7) is 6.45. The maximum absolute atomic E-state index is 14.0. The van der Waals surface area contributed by atoms with Gasteiger partial charge in [0.05, 0.1) is 17.7 Å². The lowest BCUT2D eigenvalue weighted by Gasteiger charge is -2.33. The van der Waals surface area contributed by atoms with Crippen molar-refractivity contribution in [1.82, 2.24) is 10.2 Å². The van der Waals surface area contributed by atoms with Gasteiger partial charge in [0.25, 0.3) is 10.0 Å². The first-order chi connectivity index (χ1) is 18.7. The van der Waals surface area contributed by atoms with E-state index in [0.717, 1.165) is 4.31 Å². The molecule has 0 aliphatic heterocycles. The first-order valence-electron chi connectivity index (χ1n) is 12.5. The number of benzene rings is 3. The fourth-order valence-corrected chi connectivity index (χ4v) is 5.80. The number of amides is 2. The summed E-state index contributed by atoms with van der Waals surface area (Å²) in [4.78, 5) is 28.5. The number of halogens is 2. The van der Waals surface area contributed by atoms with Crippen LogP contribution in [-0.4, -0.2) is 50.4 Å². The van der Waals surface area contributed by atoms with Crippen molar-refractivity contribution < 1.29 is 22.7 Å². The number of nitrogens with zero attached hydrogens (tertiary/aromatic N) is 2. The molecule has 0 unspecified atom stereocenters. The molecule has 1 N–H and O–H groups in total. The number of sulfonamides is 1. The van der Waals surface area contributed by atoms with Gasteiger partial charge in [0.15, 0.2) is 0 Å². The van der Waals surface area contributed by atoms with Gasteiger partial charge in [-0.1, -0.05) is 53.5 Å². The molecule has 0 aliphatic rings. The van der Waals surface area contributed by atoms with Crippen LogP contribution in [0, 0.1) is 0 Å². The summed E-state index contributed by atoms with van der Waals surface area (Å²) in [5.41, 5.74) is 0.225. The number of anilines is 1. The molecule has 0 aliphatic carbocycles. The Labute approximate surface area is 245 Å². The highest BCUT2D eigenvalue weighted by atomic mass is 35.5. The Kier molecular flexibility index (Phi) is 10.1. The minimum atomic E-state index is -4.18. The molecule has 11 heteroatoms. The molecule has 0 aromatic heterocycles. The van der Waals surface area contributed by atoms with E-state index in [1.165, 1.54) is 30.2 Å². The summed E-state index contributed by atoms with van der Waals surface area (Å²) in [6.07, 6.45) is 0. The number of methoxy groups -OCH3 is 1. The lowest BCUT2D eigenvalue weighted by Crippen LogP contribution is -2.54.